The van der Waals surface area contributed by atoms with E-state index >= 15 is 0 Å². The second-order valence-corrected chi connectivity index (χ2v) is 4.42. The average Bonchev–Trinajstić information content (AvgIpc) is 2.31. The summed E-state index contributed by atoms with van der Waals surface area (Å²) < 4.78 is 0. The first kappa shape index (κ1) is 16.7. The van der Waals surface area contributed by atoms with Crippen LogP contribution in [0.1, 0.15) is 33.1 Å². The quantitative estimate of drug-likeness (QED) is 0.808. The van der Waals surface area contributed by atoms with Crippen molar-refractivity contribution in [3.8, 4) is 0 Å². The number of hydrogen-bond acceptors (Lipinski definition) is 3. The first-order chi connectivity index (χ1) is 7.72. The molecule has 0 aromatic carbocycles. The monoisotopic (exact) mass is 263 g/mol. The van der Waals surface area contributed by atoms with E-state index in [1.807, 2.05) is 18.7 Å². The molecule has 0 saturated carbocycles. The standard InChI is InChI=1S/C12H25N3O.ClH/c1-3-14(4-2)12(16)10-15-8-6-5-7-11(15)9-13;/h11H,3-10,13H2,1-2H3;1H. The Balaban J connectivity index is 0.00000256. The molecule has 1 atom stereocenters. The molecule has 1 aliphatic heterocycles. The lowest BCUT2D eigenvalue weighted by Gasteiger charge is -2.35. The maximum absolute atomic E-state index is 12.0. The number of carbonyl (C=O) groups excluding carboxylic acids is 1. The van der Waals surface area contributed by atoms with Crippen LogP contribution >= 0.6 is 12.4 Å². The van der Waals surface area contributed by atoms with Crippen molar-refractivity contribution < 1.29 is 4.79 Å². The summed E-state index contributed by atoms with van der Waals surface area (Å²) >= 11 is 0. The third-order valence-corrected chi connectivity index (χ3v) is 3.48. The van der Waals surface area contributed by atoms with Crippen molar-refractivity contribution in [2.75, 3.05) is 32.7 Å². The highest BCUT2D eigenvalue weighted by atomic mass is 35.5. The minimum atomic E-state index is 0. The zero-order valence-corrected chi connectivity index (χ0v) is 11.8. The van der Waals surface area contributed by atoms with Crippen LogP contribution in [0.5, 0.6) is 0 Å². The van der Waals surface area contributed by atoms with Gasteiger partial charge >= 0.3 is 0 Å². The van der Waals surface area contributed by atoms with E-state index in [4.69, 9.17) is 5.73 Å². The molecule has 0 radical (unpaired) electrons. The van der Waals surface area contributed by atoms with Gasteiger partial charge in [-0.2, -0.15) is 0 Å². The number of nitrogens with two attached hydrogens (primary N) is 1. The summed E-state index contributed by atoms with van der Waals surface area (Å²) in [5.41, 5.74) is 5.74. The molecule has 17 heavy (non-hydrogen) atoms. The van der Waals surface area contributed by atoms with E-state index in [2.05, 4.69) is 4.90 Å². The fourth-order valence-corrected chi connectivity index (χ4v) is 2.39. The molecule has 102 valence electrons. The molecule has 4 nitrogen and oxygen atoms in total. The van der Waals surface area contributed by atoms with Crippen LogP contribution in [0.3, 0.4) is 0 Å². The number of nitrogens with zero attached hydrogens (tertiary/aromatic N) is 2. The minimum Gasteiger partial charge on any atom is -0.342 e. The Kier molecular flexibility index (Phi) is 8.56. The Morgan fingerprint density at radius 3 is 2.53 bits per heavy atom. The molecule has 0 aromatic rings. The summed E-state index contributed by atoms with van der Waals surface area (Å²) in [6.07, 6.45) is 3.59. The van der Waals surface area contributed by atoms with Gasteiger partial charge in [0, 0.05) is 25.7 Å². The van der Waals surface area contributed by atoms with E-state index in [1.165, 1.54) is 12.8 Å². The normalized spacial score (nSPS) is 20.8. The number of halogens is 1. The number of rotatable bonds is 5. The van der Waals surface area contributed by atoms with Gasteiger partial charge in [-0.3, -0.25) is 9.69 Å². The molecule has 1 unspecified atom stereocenters. The summed E-state index contributed by atoms with van der Waals surface area (Å²) in [7, 11) is 0. The SMILES string of the molecule is CCN(CC)C(=O)CN1CCCCC1CN.Cl. The summed E-state index contributed by atoms with van der Waals surface area (Å²) in [5, 5.41) is 0. The fourth-order valence-electron chi connectivity index (χ4n) is 2.39. The van der Waals surface area contributed by atoms with Crippen molar-refractivity contribution in [2.45, 2.75) is 39.2 Å². The lowest BCUT2D eigenvalue weighted by Crippen LogP contribution is -2.49. The van der Waals surface area contributed by atoms with Crippen LogP contribution < -0.4 is 5.73 Å². The number of hydrogen-bond donors (Lipinski definition) is 1. The predicted octanol–water partition coefficient (Wildman–Crippen LogP) is 1.09. The molecule has 1 fully saturated rings. The third-order valence-electron chi connectivity index (χ3n) is 3.48. The van der Waals surface area contributed by atoms with Crippen LogP contribution in [0.15, 0.2) is 0 Å². The zero-order valence-electron chi connectivity index (χ0n) is 11.0. The number of piperidine rings is 1. The van der Waals surface area contributed by atoms with Gasteiger partial charge in [0.05, 0.1) is 6.54 Å². The Morgan fingerprint density at radius 2 is 2.00 bits per heavy atom. The molecule has 1 saturated heterocycles. The Hall–Kier alpha value is -0.320. The van der Waals surface area contributed by atoms with Crippen molar-refractivity contribution >= 4 is 18.3 Å². The van der Waals surface area contributed by atoms with Crippen molar-refractivity contribution in [3.05, 3.63) is 0 Å². The maximum Gasteiger partial charge on any atom is 0.236 e. The van der Waals surface area contributed by atoms with Gasteiger partial charge in [-0.15, -0.1) is 12.4 Å². The topological polar surface area (TPSA) is 49.6 Å². The first-order valence-electron chi connectivity index (χ1n) is 6.44. The van der Waals surface area contributed by atoms with Gasteiger partial charge < -0.3 is 10.6 Å². The Morgan fingerprint density at radius 1 is 1.35 bits per heavy atom. The third kappa shape index (κ3) is 4.82. The van der Waals surface area contributed by atoms with Gasteiger partial charge in [0.15, 0.2) is 0 Å². The zero-order chi connectivity index (χ0) is 12.0. The van der Waals surface area contributed by atoms with E-state index in [0.29, 0.717) is 19.1 Å². The van der Waals surface area contributed by atoms with Crippen LogP contribution in [0.2, 0.25) is 0 Å². The average molecular weight is 264 g/mol. The highest BCUT2D eigenvalue weighted by Gasteiger charge is 2.24. The van der Waals surface area contributed by atoms with Gasteiger partial charge in [-0.05, 0) is 33.2 Å². The van der Waals surface area contributed by atoms with E-state index in [0.717, 1.165) is 26.1 Å². The van der Waals surface area contributed by atoms with Crippen LogP contribution in [0.25, 0.3) is 0 Å². The molecule has 0 aromatic heterocycles. The number of likely N-dealkylation sites (tertiary alicyclic amines) is 1. The van der Waals surface area contributed by atoms with Gasteiger partial charge in [-0.25, -0.2) is 0 Å². The molecular formula is C12H26ClN3O. The van der Waals surface area contributed by atoms with Crippen LogP contribution in [-0.2, 0) is 4.79 Å². The summed E-state index contributed by atoms with van der Waals surface area (Å²) in [6.45, 7) is 7.90. The van der Waals surface area contributed by atoms with E-state index in [1.54, 1.807) is 0 Å². The minimum absolute atomic E-state index is 0. The Bertz CT molecular complexity index is 222. The Labute approximate surface area is 111 Å². The lowest BCUT2D eigenvalue weighted by molar-refractivity contribution is -0.132. The first-order valence-corrected chi connectivity index (χ1v) is 6.44. The lowest BCUT2D eigenvalue weighted by atomic mass is 10.0. The van der Waals surface area contributed by atoms with Gasteiger partial charge in [-0.1, -0.05) is 6.42 Å². The van der Waals surface area contributed by atoms with Crippen molar-refractivity contribution in [3.63, 3.8) is 0 Å². The highest BCUT2D eigenvalue weighted by molar-refractivity contribution is 5.85. The van der Waals surface area contributed by atoms with Crippen molar-refractivity contribution in [1.82, 2.24) is 9.80 Å². The van der Waals surface area contributed by atoms with Crippen LogP contribution in [0.4, 0.5) is 0 Å². The molecule has 1 rings (SSSR count). The molecule has 2 N–H and O–H groups in total. The van der Waals surface area contributed by atoms with E-state index in [9.17, 15) is 4.79 Å². The molecule has 1 heterocycles. The smallest absolute Gasteiger partial charge is 0.236 e. The van der Waals surface area contributed by atoms with Crippen molar-refractivity contribution in [1.29, 1.82) is 0 Å². The maximum atomic E-state index is 12.0. The molecule has 0 bridgehead atoms. The molecule has 1 amide bonds. The summed E-state index contributed by atoms with van der Waals surface area (Å²) in [5.74, 6) is 0.241. The van der Waals surface area contributed by atoms with Gasteiger partial charge in [0.1, 0.15) is 0 Å². The van der Waals surface area contributed by atoms with Crippen LogP contribution in [0, 0.1) is 0 Å². The van der Waals surface area contributed by atoms with Gasteiger partial charge in [0.2, 0.25) is 5.91 Å². The summed E-state index contributed by atoms with van der Waals surface area (Å²) in [4.78, 5) is 16.1. The largest absolute Gasteiger partial charge is 0.342 e. The molecule has 0 spiro atoms. The van der Waals surface area contributed by atoms with Gasteiger partial charge in [0.25, 0.3) is 0 Å². The predicted molar refractivity (Wildman–Crippen MR) is 73.4 cm³/mol. The summed E-state index contributed by atoms with van der Waals surface area (Å²) in [6, 6.07) is 0.410. The number of amides is 1. The molecule has 5 heteroatoms. The van der Waals surface area contributed by atoms with Crippen LogP contribution in [-0.4, -0.2) is 54.5 Å². The van der Waals surface area contributed by atoms with E-state index < -0.39 is 0 Å². The molecule has 1 aliphatic rings. The molecule has 0 aliphatic carbocycles. The second kappa shape index (κ2) is 8.72. The number of likely N-dealkylation sites (N-methyl/N-ethyl adjacent to an activating group) is 1. The fraction of sp³-hybridized carbons (Fsp3) is 0.917. The second-order valence-electron chi connectivity index (χ2n) is 4.42. The highest BCUT2D eigenvalue weighted by Crippen LogP contribution is 2.15. The van der Waals surface area contributed by atoms with Crippen molar-refractivity contribution in [2.24, 2.45) is 5.73 Å². The molecular weight excluding hydrogens is 238 g/mol. The van der Waals surface area contributed by atoms with E-state index in [-0.39, 0.29) is 18.3 Å². The number of carbonyl (C=O) groups is 1.